The molecule has 0 amide bonds. The number of rotatable bonds is 4. The van der Waals surface area contributed by atoms with Crippen molar-refractivity contribution in [2.75, 3.05) is 0 Å². The summed E-state index contributed by atoms with van der Waals surface area (Å²) in [5.41, 5.74) is 5.00. The first-order chi connectivity index (χ1) is 4.54. The zero-order valence-electron chi connectivity index (χ0n) is 10.8. The number of aliphatic carboxylic acids is 2. The van der Waals surface area contributed by atoms with Gasteiger partial charge in [-0.2, -0.15) is 0 Å². The Balaban J connectivity index is -0.0000000193. The van der Waals surface area contributed by atoms with Crippen LogP contribution in [-0.4, -0.2) is 51.2 Å². The molecule has 0 aliphatic carbocycles. The van der Waals surface area contributed by atoms with Gasteiger partial charge in [-0.25, -0.2) is 0 Å². The first-order valence-electron chi connectivity index (χ1n) is 2.74. The summed E-state index contributed by atoms with van der Waals surface area (Å²) in [6.07, 6.45) is -0.224. The van der Waals surface area contributed by atoms with E-state index < -0.39 is 18.0 Å². The fraction of sp³-hybridized carbons (Fsp3) is 0.600. The predicted octanol–water partition coefficient (Wildman–Crippen LogP) is -2.93. The Kier molecular flexibility index (Phi) is 35.1. The van der Waals surface area contributed by atoms with E-state index in [2.05, 4.69) is 0 Å². The van der Waals surface area contributed by atoms with Crippen LogP contribution in [0.25, 0.3) is 0 Å². The van der Waals surface area contributed by atoms with Crippen molar-refractivity contribution in [3.05, 3.63) is 0 Å². The van der Waals surface area contributed by atoms with Crippen molar-refractivity contribution in [3.8, 4) is 0 Å². The molecule has 80 valence electrons. The fourth-order valence-corrected chi connectivity index (χ4v) is 0.402. The third-order valence-electron chi connectivity index (χ3n) is 0.986. The molecule has 0 aliphatic heterocycles. The summed E-state index contributed by atoms with van der Waals surface area (Å²) in [7, 11) is 0. The SMILES string of the molecule is Cl.Cl.N[C@@H](CCC(=O)O)C(=O)O.[H-].[H-].[H-].[Mg+2].[Na+]. The largest absolute Gasteiger partial charge is 2.00 e. The molecule has 0 saturated carbocycles. The van der Waals surface area contributed by atoms with Crippen molar-refractivity contribution < 1.29 is 53.6 Å². The van der Waals surface area contributed by atoms with Crippen LogP contribution in [0.4, 0.5) is 0 Å². The molecule has 9 heteroatoms. The Morgan fingerprint density at radius 2 is 1.64 bits per heavy atom. The minimum Gasteiger partial charge on any atom is -1.00 e. The summed E-state index contributed by atoms with van der Waals surface area (Å²) in [6, 6.07) is -1.06. The molecule has 4 N–H and O–H groups in total. The van der Waals surface area contributed by atoms with Crippen molar-refractivity contribution >= 4 is 59.8 Å². The first-order valence-corrected chi connectivity index (χ1v) is 2.74. The van der Waals surface area contributed by atoms with Gasteiger partial charge in [0.15, 0.2) is 0 Å². The van der Waals surface area contributed by atoms with Gasteiger partial charge in [-0.3, -0.25) is 9.59 Å². The third kappa shape index (κ3) is 18.9. The van der Waals surface area contributed by atoms with Crippen LogP contribution in [0.1, 0.15) is 17.1 Å². The molecule has 0 radical (unpaired) electrons. The molecule has 0 aromatic carbocycles. The molecule has 0 saturated heterocycles. The Morgan fingerprint density at radius 1 is 1.29 bits per heavy atom. The number of carboxylic acid groups (broad SMARTS) is 2. The Morgan fingerprint density at radius 3 is 1.86 bits per heavy atom. The second-order valence-electron chi connectivity index (χ2n) is 1.88. The molecular weight excluding hydrogens is 256 g/mol. The second-order valence-corrected chi connectivity index (χ2v) is 1.88. The van der Waals surface area contributed by atoms with Crippen LogP contribution in [0.3, 0.4) is 0 Å². The molecule has 0 unspecified atom stereocenters. The molecule has 0 aromatic rings. The smallest absolute Gasteiger partial charge is 1.00 e. The van der Waals surface area contributed by atoms with Crippen LogP contribution >= 0.6 is 24.8 Å². The Bertz CT molecular complexity index is 174. The van der Waals surface area contributed by atoms with Crippen LogP contribution in [-0.2, 0) is 9.59 Å². The molecule has 14 heavy (non-hydrogen) atoms. The number of hydrogen-bond donors (Lipinski definition) is 3. The van der Waals surface area contributed by atoms with E-state index in [1.165, 1.54) is 0 Å². The topological polar surface area (TPSA) is 101 Å². The van der Waals surface area contributed by atoms with E-state index in [0.717, 1.165) is 0 Å². The van der Waals surface area contributed by atoms with Crippen LogP contribution < -0.4 is 35.3 Å². The summed E-state index contributed by atoms with van der Waals surface area (Å²) in [6.45, 7) is 0. The van der Waals surface area contributed by atoms with Gasteiger partial charge in [0.1, 0.15) is 6.04 Å². The normalized spacial score (nSPS) is 8.93. The van der Waals surface area contributed by atoms with Crippen LogP contribution in [0, 0.1) is 0 Å². The standard InChI is InChI=1S/C5H9NO4.2ClH.Mg.Na.3H/c6-3(5(9)10)1-2-4(7)8;;;;;;;/h3H,1-2,6H2,(H,7,8)(H,9,10);2*1H;;;;;/q;;;+2;+1;3*-1/t3-;;;;;;;/m0......./s1. The summed E-state index contributed by atoms with van der Waals surface area (Å²) >= 11 is 0. The van der Waals surface area contributed by atoms with E-state index in [9.17, 15) is 9.59 Å². The van der Waals surface area contributed by atoms with Crippen molar-refractivity contribution in [2.45, 2.75) is 18.9 Å². The number of carboxylic acids is 2. The monoisotopic (exact) mass is 269 g/mol. The minimum atomic E-state index is -1.17. The van der Waals surface area contributed by atoms with E-state index in [1.807, 2.05) is 0 Å². The maximum Gasteiger partial charge on any atom is 2.00 e. The maximum absolute atomic E-state index is 9.99. The van der Waals surface area contributed by atoms with Crippen LogP contribution in [0.15, 0.2) is 0 Å². The molecule has 0 rings (SSSR count). The van der Waals surface area contributed by atoms with E-state index >= 15 is 0 Å². The van der Waals surface area contributed by atoms with Gasteiger partial charge < -0.3 is 20.2 Å². The molecule has 0 aliphatic rings. The van der Waals surface area contributed by atoms with Gasteiger partial charge in [-0.1, -0.05) is 0 Å². The van der Waals surface area contributed by atoms with Crippen LogP contribution in [0.5, 0.6) is 0 Å². The fourth-order valence-electron chi connectivity index (χ4n) is 0.402. The molecule has 1 atom stereocenters. The molecule has 0 heterocycles. The molecule has 0 bridgehead atoms. The van der Waals surface area contributed by atoms with Gasteiger partial charge in [0, 0.05) is 6.42 Å². The summed E-state index contributed by atoms with van der Waals surface area (Å²) in [5.74, 6) is -2.20. The van der Waals surface area contributed by atoms with Gasteiger partial charge in [0.2, 0.25) is 0 Å². The average Bonchev–Trinajstić information content (AvgIpc) is 1.82. The molecule has 0 spiro atoms. The van der Waals surface area contributed by atoms with E-state index in [-0.39, 0.29) is 94.5 Å². The van der Waals surface area contributed by atoms with E-state index in [0.29, 0.717) is 0 Å². The number of carbonyl (C=O) groups is 2. The van der Waals surface area contributed by atoms with Gasteiger partial charge in [0.25, 0.3) is 0 Å². The van der Waals surface area contributed by atoms with Gasteiger partial charge in [-0.15, -0.1) is 24.8 Å². The zero-order chi connectivity index (χ0) is 8.15. The van der Waals surface area contributed by atoms with Crippen molar-refractivity contribution in [3.63, 3.8) is 0 Å². The van der Waals surface area contributed by atoms with Crippen molar-refractivity contribution in [1.82, 2.24) is 0 Å². The molecular formula is C5H14Cl2MgNNaO4. The summed E-state index contributed by atoms with van der Waals surface area (Å²) < 4.78 is 0. The minimum absolute atomic E-state index is 0. The quantitative estimate of drug-likeness (QED) is 0.475. The van der Waals surface area contributed by atoms with Gasteiger partial charge in [-0.05, 0) is 6.42 Å². The first kappa shape index (κ1) is 29.5. The zero-order valence-corrected chi connectivity index (χ0v) is 12.9. The van der Waals surface area contributed by atoms with Gasteiger partial charge >= 0.3 is 64.5 Å². The number of nitrogens with two attached hydrogens (primary N) is 1. The summed E-state index contributed by atoms with van der Waals surface area (Å²) in [4.78, 5) is 19.9. The molecule has 0 aromatic heterocycles. The van der Waals surface area contributed by atoms with Crippen molar-refractivity contribution in [1.29, 1.82) is 0 Å². The third-order valence-corrected chi connectivity index (χ3v) is 0.986. The number of halogens is 2. The predicted molar refractivity (Wildman–Crippen MR) is 56.1 cm³/mol. The Hall–Kier alpha value is 1.25. The number of hydrogen-bond acceptors (Lipinski definition) is 3. The second kappa shape index (κ2) is 16.7. The Labute approximate surface area is 137 Å². The maximum atomic E-state index is 9.99. The average molecular weight is 270 g/mol. The summed E-state index contributed by atoms with van der Waals surface area (Å²) in [5, 5.41) is 16.3. The molecule has 5 nitrogen and oxygen atoms in total. The van der Waals surface area contributed by atoms with E-state index in [4.69, 9.17) is 15.9 Å². The van der Waals surface area contributed by atoms with Gasteiger partial charge in [0.05, 0.1) is 0 Å². The van der Waals surface area contributed by atoms with Crippen LogP contribution in [0.2, 0.25) is 0 Å². The van der Waals surface area contributed by atoms with E-state index in [1.54, 1.807) is 0 Å². The molecule has 0 fully saturated rings. The van der Waals surface area contributed by atoms with Crippen molar-refractivity contribution in [2.24, 2.45) is 5.73 Å².